The molecule has 0 unspecified atom stereocenters. The zero-order chi connectivity index (χ0) is 15.1. The zero-order valence-electron chi connectivity index (χ0n) is 12.6. The number of hydrogen-bond donors (Lipinski definition) is 2. The van der Waals surface area contributed by atoms with Crippen LogP contribution >= 0.6 is 0 Å². The lowest BCUT2D eigenvalue weighted by atomic mass is 10.1. The fourth-order valence-electron chi connectivity index (χ4n) is 2.07. The molecular weight excluding hydrogens is 260 g/mol. The molecule has 0 aliphatic heterocycles. The van der Waals surface area contributed by atoms with E-state index in [4.69, 9.17) is 0 Å². The van der Waals surface area contributed by atoms with Crippen molar-refractivity contribution in [3.05, 3.63) is 54.6 Å². The van der Waals surface area contributed by atoms with Crippen molar-refractivity contribution in [1.29, 1.82) is 0 Å². The van der Waals surface area contributed by atoms with Gasteiger partial charge in [-0.1, -0.05) is 56.3 Å². The molecule has 110 valence electrons. The second kappa shape index (κ2) is 7.60. The SMILES string of the molecule is CC(C)NCCC(=O)Nc1ccc(-c2ccccc2)cc1. The van der Waals surface area contributed by atoms with Crippen LogP contribution in [0.2, 0.25) is 0 Å². The van der Waals surface area contributed by atoms with Gasteiger partial charge in [0.25, 0.3) is 0 Å². The molecule has 0 spiro atoms. The van der Waals surface area contributed by atoms with Crippen molar-refractivity contribution in [2.24, 2.45) is 0 Å². The fraction of sp³-hybridized carbons (Fsp3) is 0.278. The Balaban J connectivity index is 1.89. The number of nitrogens with one attached hydrogen (secondary N) is 2. The second-order valence-electron chi connectivity index (χ2n) is 5.35. The van der Waals surface area contributed by atoms with Crippen molar-refractivity contribution in [2.45, 2.75) is 26.3 Å². The molecule has 0 aliphatic carbocycles. The minimum Gasteiger partial charge on any atom is -0.326 e. The third kappa shape index (κ3) is 5.04. The van der Waals surface area contributed by atoms with E-state index in [-0.39, 0.29) is 5.91 Å². The standard InChI is InChI=1S/C18H22N2O/c1-14(2)19-13-12-18(21)20-17-10-8-16(9-11-17)15-6-4-3-5-7-15/h3-11,14,19H,12-13H2,1-2H3,(H,20,21). The van der Waals surface area contributed by atoms with Crippen LogP contribution in [0.1, 0.15) is 20.3 Å². The maximum atomic E-state index is 11.8. The van der Waals surface area contributed by atoms with Gasteiger partial charge < -0.3 is 10.6 Å². The second-order valence-corrected chi connectivity index (χ2v) is 5.35. The number of hydrogen-bond acceptors (Lipinski definition) is 2. The summed E-state index contributed by atoms with van der Waals surface area (Å²) in [6, 6.07) is 18.5. The summed E-state index contributed by atoms with van der Waals surface area (Å²) in [5.74, 6) is 0.0376. The smallest absolute Gasteiger partial charge is 0.225 e. The topological polar surface area (TPSA) is 41.1 Å². The molecule has 0 aliphatic rings. The van der Waals surface area contributed by atoms with Crippen LogP contribution in [0, 0.1) is 0 Å². The molecule has 2 N–H and O–H groups in total. The molecule has 0 heterocycles. The van der Waals surface area contributed by atoms with Crippen LogP contribution in [-0.4, -0.2) is 18.5 Å². The lowest BCUT2D eigenvalue weighted by Crippen LogP contribution is -2.27. The molecule has 0 saturated carbocycles. The summed E-state index contributed by atoms with van der Waals surface area (Å²) >= 11 is 0. The van der Waals surface area contributed by atoms with Crippen molar-refractivity contribution in [1.82, 2.24) is 5.32 Å². The van der Waals surface area contributed by atoms with E-state index in [0.29, 0.717) is 19.0 Å². The van der Waals surface area contributed by atoms with Crippen LogP contribution in [0.4, 0.5) is 5.69 Å². The molecule has 2 aromatic carbocycles. The van der Waals surface area contributed by atoms with E-state index in [9.17, 15) is 4.79 Å². The van der Waals surface area contributed by atoms with Crippen molar-refractivity contribution in [3.63, 3.8) is 0 Å². The highest BCUT2D eigenvalue weighted by atomic mass is 16.1. The first-order valence-electron chi connectivity index (χ1n) is 7.34. The Morgan fingerprint density at radius 3 is 2.19 bits per heavy atom. The maximum absolute atomic E-state index is 11.8. The predicted octanol–water partition coefficient (Wildman–Crippen LogP) is 3.68. The van der Waals surface area contributed by atoms with Gasteiger partial charge in [0.1, 0.15) is 0 Å². The van der Waals surface area contributed by atoms with Crippen LogP contribution in [0.15, 0.2) is 54.6 Å². The minimum atomic E-state index is 0.0376. The van der Waals surface area contributed by atoms with Crippen LogP contribution in [0.25, 0.3) is 11.1 Å². The summed E-state index contributed by atoms with van der Waals surface area (Å²) in [5, 5.41) is 6.15. The quantitative estimate of drug-likeness (QED) is 0.848. The molecule has 1 amide bonds. The summed E-state index contributed by atoms with van der Waals surface area (Å²) in [7, 11) is 0. The largest absolute Gasteiger partial charge is 0.326 e. The Bertz CT molecular complexity index is 562. The number of amides is 1. The predicted molar refractivity (Wildman–Crippen MR) is 88.3 cm³/mol. The number of carbonyl (C=O) groups is 1. The van der Waals surface area contributed by atoms with E-state index >= 15 is 0 Å². The molecule has 0 radical (unpaired) electrons. The van der Waals surface area contributed by atoms with E-state index in [0.717, 1.165) is 11.3 Å². The van der Waals surface area contributed by atoms with Crippen LogP contribution < -0.4 is 10.6 Å². The van der Waals surface area contributed by atoms with Gasteiger partial charge in [-0.15, -0.1) is 0 Å². The Morgan fingerprint density at radius 1 is 0.952 bits per heavy atom. The van der Waals surface area contributed by atoms with Gasteiger partial charge in [-0.2, -0.15) is 0 Å². The Kier molecular flexibility index (Phi) is 5.52. The lowest BCUT2D eigenvalue weighted by molar-refractivity contribution is -0.116. The molecule has 0 bridgehead atoms. The fourth-order valence-corrected chi connectivity index (χ4v) is 2.07. The van der Waals surface area contributed by atoms with Gasteiger partial charge in [-0.05, 0) is 23.3 Å². The maximum Gasteiger partial charge on any atom is 0.225 e. The van der Waals surface area contributed by atoms with E-state index < -0.39 is 0 Å². The van der Waals surface area contributed by atoms with Gasteiger partial charge in [0.05, 0.1) is 0 Å². The first-order valence-corrected chi connectivity index (χ1v) is 7.34. The third-order valence-electron chi connectivity index (χ3n) is 3.18. The number of rotatable bonds is 6. The summed E-state index contributed by atoms with van der Waals surface area (Å²) in [6.45, 7) is 4.84. The minimum absolute atomic E-state index is 0.0376. The van der Waals surface area contributed by atoms with Gasteiger partial charge in [-0.25, -0.2) is 0 Å². The van der Waals surface area contributed by atoms with Gasteiger partial charge in [-0.3, -0.25) is 4.79 Å². The number of carbonyl (C=O) groups excluding carboxylic acids is 1. The Hall–Kier alpha value is -2.13. The highest BCUT2D eigenvalue weighted by molar-refractivity contribution is 5.91. The first kappa shape index (κ1) is 15.3. The number of benzene rings is 2. The Labute approximate surface area is 126 Å². The van der Waals surface area contributed by atoms with Crippen molar-refractivity contribution < 1.29 is 4.79 Å². The van der Waals surface area contributed by atoms with Gasteiger partial charge in [0.15, 0.2) is 0 Å². The van der Waals surface area contributed by atoms with Crippen molar-refractivity contribution in [2.75, 3.05) is 11.9 Å². The molecule has 21 heavy (non-hydrogen) atoms. The molecule has 2 rings (SSSR count). The van der Waals surface area contributed by atoms with Gasteiger partial charge in [0, 0.05) is 24.7 Å². The monoisotopic (exact) mass is 282 g/mol. The van der Waals surface area contributed by atoms with Gasteiger partial charge in [0.2, 0.25) is 5.91 Å². The average Bonchev–Trinajstić information content (AvgIpc) is 2.48. The normalized spacial score (nSPS) is 10.6. The molecule has 0 saturated heterocycles. The third-order valence-corrected chi connectivity index (χ3v) is 3.18. The van der Waals surface area contributed by atoms with E-state index in [1.807, 2.05) is 42.5 Å². The van der Waals surface area contributed by atoms with Crippen LogP contribution in [-0.2, 0) is 4.79 Å². The summed E-state index contributed by atoms with van der Waals surface area (Å²) in [6.07, 6.45) is 0.485. The lowest BCUT2D eigenvalue weighted by Gasteiger charge is -2.09. The number of anilines is 1. The van der Waals surface area contributed by atoms with Crippen LogP contribution in [0.3, 0.4) is 0 Å². The highest BCUT2D eigenvalue weighted by Crippen LogP contribution is 2.20. The van der Waals surface area contributed by atoms with E-state index in [1.54, 1.807) is 0 Å². The van der Waals surface area contributed by atoms with Crippen molar-refractivity contribution >= 4 is 11.6 Å². The molecule has 0 aromatic heterocycles. The molecule has 2 aromatic rings. The molecule has 0 fully saturated rings. The summed E-state index contributed by atoms with van der Waals surface area (Å²) < 4.78 is 0. The molecular formula is C18H22N2O. The first-order chi connectivity index (χ1) is 10.1. The molecule has 0 atom stereocenters. The van der Waals surface area contributed by atoms with Crippen LogP contribution in [0.5, 0.6) is 0 Å². The Morgan fingerprint density at radius 2 is 1.57 bits per heavy atom. The molecule has 3 heteroatoms. The van der Waals surface area contributed by atoms with Crippen molar-refractivity contribution in [3.8, 4) is 11.1 Å². The van der Waals surface area contributed by atoms with Gasteiger partial charge >= 0.3 is 0 Å². The highest BCUT2D eigenvalue weighted by Gasteiger charge is 2.03. The van der Waals surface area contributed by atoms with E-state index in [2.05, 4.69) is 36.6 Å². The average molecular weight is 282 g/mol. The zero-order valence-corrected chi connectivity index (χ0v) is 12.6. The van der Waals surface area contributed by atoms with E-state index in [1.165, 1.54) is 5.56 Å². The molecule has 3 nitrogen and oxygen atoms in total. The summed E-state index contributed by atoms with van der Waals surface area (Å²) in [5.41, 5.74) is 3.16. The summed E-state index contributed by atoms with van der Waals surface area (Å²) in [4.78, 5) is 11.8.